The summed E-state index contributed by atoms with van der Waals surface area (Å²) in [6.45, 7) is -3.25. The molecule has 0 amide bonds. The molecule has 0 fully saturated rings. The molecule has 0 saturated carbocycles. The van der Waals surface area contributed by atoms with E-state index in [9.17, 15) is 17.7 Å². The summed E-state index contributed by atoms with van der Waals surface area (Å²) in [4.78, 5) is 19.0. The molecule has 0 saturated heterocycles. The van der Waals surface area contributed by atoms with Crippen LogP contribution in [0.25, 0.3) is 10.9 Å². The van der Waals surface area contributed by atoms with E-state index in [1.165, 1.54) is 12.3 Å². The van der Waals surface area contributed by atoms with Crippen molar-refractivity contribution in [2.45, 2.75) is 6.92 Å². The highest BCUT2D eigenvalue weighted by molar-refractivity contribution is 6.73. The van der Waals surface area contributed by atoms with Crippen LogP contribution in [0.2, 0.25) is 0 Å². The number of hydrogen-bond donors (Lipinski definition) is 0. The van der Waals surface area contributed by atoms with Crippen molar-refractivity contribution in [2.75, 3.05) is 6.61 Å². The van der Waals surface area contributed by atoms with E-state index in [1.54, 1.807) is 6.92 Å². The molecular formula is C11H9BF3N2O2-. The summed E-state index contributed by atoms with van der Waals surface area (Å²) in [5.74, 6) is -0.867. The molecule has 19 heavy (non-hydrogen) atoms. The fourth-order valence-corrected chi connectivity index (χ4v) is 1.55. The minimum Gasteiger partial charge on any atom is -0.460 e. The van der Waals surface area contributed by atoms with Gasteiger partial charge in [-0.15, -0.1) is 5.46 Å². The Bertz CT molecular complexity index is 631. The molecule has 0 unspecified atom stereocenters. The van der Waals surface area contributed by atoms with E-state index in [0.717, 1.165) is 12.1 Å². The van der Waals surface area contributed by atoms with Crippen molar-refractivity contribution < 1.29 is 22.5 Å². The monoisotopic (exact) mass is 269 g/mol. The van der Waals surface area contributed by atoms with Crippen LogP contribution in [0, 0.1) is 0 Å². The molecule has 1 heterocycles. The van der Waals surface area contributed by atoms with Gasteiger partial charge >= 0.3 is 12.9 Å². The van der Waals surface area contributed by atoms with Gasteiger partial charge in [-0.05, 0) is 13.0 Å². The maximum absolute atomic E-state index is 12.6. The highest BCUT2D eigenvalue weighted by atomic mass is 19.4. The molecule has 0 N–H and O–H groups in total. The Kier molecular flexibility index (Phi) is 3.41. The SMILES string of the molecule is CCOC(=O)c1ncc2cc([B-](F)(F)F)ccc2n1. The van der Waals surface area contributed by atoms with Crippen LogP contribution >= 0.6 is 0 Å². The maximum atomic E-state index is 12.6. The summed E-state index contributed by atoms with van der Waals surface area (Å²) in [5.41, 5.74) is -0.457. The summed E-state index contributed by atoms with van der Waals surface area (Å²) in [7, 11) is 0. The van der Waals surface area contributed by atoms with Gasteiger partial charge in [-0.25, -0.2) is 14.8 Å². The van der Waals surface area contributed by atoms with Crippen molar-refractivity contribution in [1.82, 2.24) is 9.97 Å². The number of esters is 1. The van der Waals surface area contributed by atoms with Crippen molar-refractivity contribution >= 4 is 29.3 Å². The summed E-state index contributed by atoms with van der Waals surface area (Å²) in [6.07, 6.45) is 1.18. The molecular weight excluding hydrogens is 260 g/mol. The third-order valence-electron chi connectivity index (χ3n) is 2.44. The number of fused-ring (bicyclic) bond motifs is 1. The molecule has 0 aliphatic heterocycles. The van der Waals surface area contributed by atoms with Gasteiger partial charge in [0.05, 0.1) is 12.1 Å². The minimum absolute atomic E-state index is 0.167. The molecule has 1 aromatic carbocycles. The number of benzene rings is 1. The van der Waals surface area contributed by atoms with Crippen molar-refractivity contribution in [3.05, 3.63) is 30.2 Å². The van der Waals surface area contributed by atoms with Crippen molar-refractivity contribution in [2.24, 2.45) is 0 Å². The highest BCUT2D eigenvalue weighted by Crippen LogP contribution is 2.14. The number of carbonyl (C=O) groups is 1. The molecule has 2 aromatic rings. The van der Waals surface area contributed by atoms with Gasteiger partial charge in [0.15, 0.2) is 0 Å². The van der Waals surface area contributed by atoms with Crippen molar-refractivity contribution in [1.29, 1.82) is 0 Å². The first-order valence-corrected chi connectivity index (χ1v) is 5.55. The lowest BCUT2D eigenvalue weighted by Crippen LogP contribution is -2.33. The van der Waals surface area contributed by atoms with Gasteiger partial charge in [-0.1, -0.05) is 12.1 Å². The van der Waals surface area contributed by atoms with Crippen LogP contribution in [0.1, 0.15) is 17.5 Å². The Morgan fingerprint density at radius 1 is 1.37 bits per heavy atom. The number of rotatable bonds is 3. The third kappa shape index (κ3) is 2.83. The van der Waals surface area contributed by atoms with Crippen LogP contribution < -0.4 is 5.46 Å². The lowest BCUT2D eigenvalue weighted by atomic mass is 9.80. The smallest absolute Gasteiger partial charge is 0.460 e. The van der Waals surface area contributed by atoms with E-state index < -0.39 is 18.4 Å². The average molecular weight is 269 g/mol. The Morgan fingerprint density at radius 2 is 2.11 bits per heavy atom. The van der Waals surface area contributed by atoms with E-state index in [4.69, 9.17) is 4.74 Å². The average Bonchev–Trinajstić information content (AvgIpc) is 2.36. The van der Waals surface area contributed by atoms with Crippen LogP contribution in [0.3, 0.4) is 0 Å². The van der Waals surface area contributed by atoms with Crippen LogP contribution in [0.15, 0.2) is 24.4 Å². The zero-order chi connectivity index (χ0) is 14.0. The number of carbonyl (C=O) groups excluding carboxylic acids is 1. The lowest BCUT2D eigenvalue weighted by Gasteiger charge is -2.14. The van der Waals surface area contributed by atoms with Gasteiger partial charge in [0.25, 0.3) is 0 Å². The van der Waals surface area contributed by atoms with Crippen LogP contribution in [0.4, 0.5) is 12.9 Å². The van der Waals surface area contributed by atoms with Gasteiger partial charge in [0.1, 0.15) is 0 Å². The second kappa shape index (κ2) is 4.87. The van der Waals surface area contributed by atoms with Crippen molar-refractivity contribution in [3.8, 4) is 0 Å². The summed E-state index contributed by atoms with van der Waals surface area (Å²) in [5, 5.41) is 0.227. The van der Waals surface area contributed by atoms with Crippen molar-refractivity contribution in [3.63, 3.8) is 0 Å². The molecule has 0 spiro atoms. The second-order valence-electron chi connectivity index (χ2n) is 3.81. The zero-order valence-electron chi connectivity index (χ0n) is 9.94. The molecule has 100 valence electrons. The summed E-state index contributed by atoms with van der Waals surface area (Å²) < 4.78 is 42.4. The number of ether oxygens (including phenoxy) is 1. The molecule has 8 heteroatoms. The van der Waals surface area contributed by atoms with Gasteiger partial charge in [0, 0.05) is 11.6 Å². The molecule has 1 aromatic heterocycles. The predicted molar refractivity (Wildman–Crippen MR) is 64.2 cm³/mol. The first kappa shape index (κ1) is 13.3. The number of hydrogen-bond acceptors (Lipinski definition) is 4. The van der Waals surface area contributed by atoms with Gasteiger partial charge in [-0.3, -0.25) is 0 Å². The topological polar surface area (TPSA) is 52.1 Å². The van der Waals surface area contributed by atoms with E-state index in [-0.39, 0.29) is 23.3 Å². The Balaban J connectivity index is 2.43. The summed E-state index contributed by atoms with van der Waals surface area (Å²) >= 11 is 0. The van der Waals surface area contributed by atoms with E-state index in [2.05, 4.69) is 9.97 Å². The zero-order valence-corrected chi connectivity index (χ0v) is 9.94. The fourth-order valence-electron chi connectivity index (χ4n) is 1.55. The quantitative estimate of drug-likeness (QED) is 0.630. The third-order valence-corrected chi connectivity index (χ3v) is 2.44. The summed E-state index contributed by atoms with van der Waals surface area (Å²) in [6, 6.07) is 3.11. The first-order chi connectivity index (χ1) is 8.91. The number of aromatic nitrogens is 2. The standard InChI is InChI=1S/C11H9BF3N2O2/c1-2-19-11(18)10-16-6-7-5-8(12(13,14)15)3-4-9(7)17-10/h3-6H,2H2,1H3/q-1. The molecule has 0 bridgehead atoms. The minimum atomic E-state index is -5.06. The molecule has 0 aliphatic rings. The lowest BCUT2D eigenvalue weighted by molar-refractivity contribution is 0.0512. The van der Waals surface area contributed by atoms with E-state index in [1.807, 2.05) is 0 Å². The fraction of sp³-hybridized carbons (Fsp3) is 0.182. The van der Waals surface area contributed by atoms with Gasteiger partial charge in [-0.2, -0.15) is 0 Å². The number of nitrogens with zero attached hydrogens (tertiary/aromatic N) is 2. The Labute approximate surface area is 106 Å². The normalized spacial score (nSPS) is 11.6. The van der Waals surface area contributed by atoms with E-state index in [0.29, 0.717) is 0 Å². The molecule has 0 aliphatic carbocycles. The maximum Gasteiger partial charge on any atom is 0.509 e. The molecule has 0 atom stereocenters. The Hall–Kier alpha value is -2.12. The van der Waals surface area contributed by atoms with Gasteiger partial charge in [0.2, 0.25) is 5.82 Å². The molecule has 4 nitrogen and oxygen atoms in total. The first-order valence-electron chi connectivity index (χ1n) is 5.55. The largest absolute Gasteiger partial charge is 0.509 e. The number of halogens is 3. The predicted octanol–water partition coefficient (Wildman–Crippen LogP) is 1.86. The van der Waals surface area contributed by atoms with Crippen LogP contribution in [-0.4, -0.2) is 29.5 Å². The molecule has 2 rings (SSSR count). The highest BCUT2D eigenvalue weighted by Gasteiger charge is 2.25. The molecule has 0 radical (unpaired) electrons. The van der Waals surface area contributed by atoms with Crippen LogP contribution in [-0.2, 0) is 4.74 Å². The second-order valence-corrected chi connectivity index (χ2v) is 3.81. The van der Waals surface area contributed by atoms with E-state index >= 15 is 0 Å². The van der Waals surface area contributed by atoms with Crippen LogP contribution in [0.5, 0.6) is 0 Å². The van der Waals surface area contributed by atoms with Gasteiger partial charge < -0.3 is 17.7 Å². The Morgan fingerprint density at radius 3 is 2.74 bits per heavy atom.